The monoisotopic (exact) mass is 296 g/mol. The molecule has 124 valence electrons. The molecule has 0 aliphatic carbocycles. The van der Waals surface area contributed by atoms with Crippen molar-refractivity contribution in [3.63, 3.8) is 0 Å². The number of hydrogen-bond acceptors (Lipinski definition) is 2. The number of nitrogens with one attached hydrogen (secondary N) is 2. The van der Waals surface area contributed by atoms with E-state index in [0.29, 0.717) is 6.42 Å². The summed E-state index contributed by atoms with van der Waals surface area (Å²) in [5, 5.41) is 6.26. The van der Waals surface area contributed by atoms with Crippen molar-refractivity contribution < 1.29 is 4.79 Å². The lowest BCUT2D eigenvalue weighted by atomic mass is 10.1. The Kier molecular flexibility index (Phi) is 13.3. The van der Waals surface area contributed by atoms with E-state index in [0.717, 1.165) is 37.5 Å². The summed E-state index contributed by atoms with van der Waals surface area (Å²) in [5.74, 6) is 0.955. The van der Waals surface area contributed by atoms with Crippen LogP contribution in [-0.2, 0) is 4.79 Å². The molecule has 0 saturated carbocycles. The van der Waals surface area contributed by atoms with Crippen LogP contribution in [0.1, 0.15) is 78.6 Å². The van der Waals surface area contributed by atoms with Crippen LogP contribution >= 0.6 is 0 Å². The zero-order valence-corrected chi connectivity index (χ0v) is 14.5. The largest absolute Gasteiger partial charge is 0.389 e. The quantitative estimate of drug-likeness (QED) is 0.467. The van der Waals surface area contributed by atoms with Gasteiger partial charge in [-0.25, -0.2) is 0 Å². The second kappa shape index (κ2) is 14.0. The van der Waals surface area contributed by atoms with E-state index >= 15 is 0 Å². The Balaban J connectivity index is 3.19. The fourth-order valence-corrected chi connectivity index (χ4v) is 2.25. The van der Waals surface area contributed by atoms with Gasteiger partial charge in [-0.2, -0.15) is 0 Å². The van der Waals surface area contributed by atoms with Crippen LogP contribution in [0.5, 0.6) is 0 Å². The Bertz CT molecular complexity index is 274. The lowest BCUT2D eigenvalue weighted by Crippen LogP contribution is -2.24. The molecule has 0 spiro atoms. The van der Waals surface area contributed by atoms with Gasteiger partial charge < -0.3 is 10.6 Å². The molecule has 0 bridgehead atoms. The molecule has 0 saturated heterocycles. The first kappa shape index (κ1) is 20.0. The Labute approximate surface area is 132 Å². The molecule has 0 aromatic heterocycles. The molecule has 0 rings (SSSR count). The third kappa shape index (κ3) is 17.0. The van der Waals surface area contributed by atoms with Crippen molar-refractivity contribution in [1.29, 1.82) is 0 Å². The lowest BCUT2D eigenvalue weighted by molar-refractivity contribution is -0.121. The van der Waals surface area contributed by atoms with Crippen molar-refractivity contribution in [3.05, 3.63) is 12.3 Å². The Hall–Kier alpha value is -0.990. The summed E-state index contributed by atoms with van der Waals surface area (Å²) in [5.41, 5.74) is 1.05. The first-order chi connectivity index (χ1) is 10.0. The molecule has 3 nitrogen and oxygen atoms in total. The smallest absolute Gasteiger partial charge is 0.219 e. The number of allylic oxidation sites excluding steroid dienone is 1. The molecule has 0 aromatic carbocycles. The number of carbonyl (C=O) groups excluding carboxylic acids is 1. The Morgan fingerprint density at radius 1 is 0.905 bits per heavy atom. The zero-order chi connectivity index (χ0) is 15.9. The average Bonchev–Trinajstić information content (AvgIpc) is 2.41. The molecule has 0 radical (unpaired) electrons. The van der Waals surface area contributed by atoms with E-state index in [-0.39, 0.29) is 5.91 Å². The summed E-state index contributed by atoms with van der Waals surface area (Å²) in [6.45, 7) is 12.1. The SMILES string of the molecule is C=C(C)NCCCCCCCCC(=O)NCCCC(C)C. The standard InChI is InChI=1S/C18H36N2O/c1-16(2)12-11-15-20-18(21)13-9-7-5-6-8-10-14-19-17(3)4/h16,19H,3,5-15H2,1-2,4H3,(H,20,21). The van der Waals surface area contributed by atoms with E-state index in [1.54, 1.807) is 0 Å². The van der Waals surface area contributed by atoms with Crippen molar-refractivity contribution in [2.45, 2.75) is 78.6 Å². The van der Waals surface area contributed by atoms with Crippen LogP contribution in [0.2, 0.25) is 0 Å². The summed E-state index contributed by atoms with van der Waals surface area (Å²) >= 11 is 0. The second-order valence-corrected chi connectivity index (χ2v) is 6.46. The molecule has 1 amide bonds. The molecule has 0 aliphatic rings. The number of amides is 1. The zero-order valence-electron chi connectivity index (χ0n) is 14.5. The van der Waals surface area contributed by atoms with Crippen molar-refractivity contribution in [3.8, 4) is 0 Å². The maximum atomic E-state index is 11.6. The van der Waals surface area contributed by atoms with Gasteiger partial charge in [0.25, 0.3) is 0 Å². The maximum Gasteiger partial charge on any atom is 0.219 e. The van der Waals surface area contributed by atoms with E-state index in [2.05, 4.69) is 31.1 Å². The minimum absolute atomic E-state index is 0.226. The topological polar surface area (TPSA) is 41.1 Å². The van der Waals surface area contributed by atoms with Crippen molar-refractivity contribution in [2.75, 3.05) is 13.1 Å². The van der Waals surface area contributed by atoms with Gasteiger partial charge in [0.1, 0.15) is 0 Å². The molecular formula is C18H36N2O. The van der Waals surface area contributed by atoms with Crippen molar-refractivity contribution in [2.24, 2.45) is 5.92 Å². The predicted molar refractivity (Wildman–Crippen MR) is 92.2 cm³/mol. The highest BCUT2D eigenvalue weighted by atomic mass is 16.1. The second-order valence-electron chi connectivity index (χ2n) is 6.46. The van der Waals surface area contributed by atoms with Crippen molar-refractivity contribution >= 4 is 5.91 Å². The third-order valence-corrected chi connectivity index (χ3v) is 3.54. The number of rotatable bonds is 14. The van der Waals surface area contributed by atoms with Crippen LogP contribution in [0.25, 0.3) is 0 Å². The van der Waals surface area contributed by atoms with Gasteiger partial charge in [-0.05, 0) is 38.5 Å². The van der Waals surface area contributed by atoms with Crippen LogP contribution in [0.15, 0.2) is 12.3 Å². The fraction of sp³-hybridized carbons (Fsp3) is 0.833. The predicted octanol–water partition coefficient (Wildman–Crippen LogP) is 4.39. The normalized spacial score (nSPS) is 10.7. The molecule has 21 heavy (non-hydrogen) atoms. The summed E-state index contributed by atoms with van der Waals surface area (Å²) in [6, 6.07) is 0. The molecule has 0 heterocycles. The first-order valence-electron chi connectivity index (χ1n) is 8.68. The van der Waals surface area contributed by atoms with Gasteiger partial charge in [0.15, 0.2) is 0 Å². The molecular weight excluding hydrogens is 260 g/mol. The molecule has 0 aromatic rings. The van der Waals surface area contributed by atoms with Crippen LogP contribution in [0.3, 0.4) is 0 Å². The molecule has 3 heteroatoms. The van der Waals surface area contributed by atoms with E-state index in [4.69, 9.17) is 0 Å². The van der Waals surface area contributed by atoms with Crippen LogP contribution in [-0.4, -0.2) is 19.0 Å². The van der Waals surface area contributed by atoms with Crippen LogP contribution in [0.4, 0.5) is 0 Å². The van der Waals surface area contributed by atoms with E-state index in [9.17, 15) is 4.79 Å². The number of hydrogen-bond donors (Lipinski definition) is 2. The summed E-state index contributed by atoms with van der Waals surface area (Å²) in [7, 11) is 0. The number of carbonyl (C=O) groups is 1. The van der Waals surface area contributed by atoms with E-state index in [1.165, 1.54) is 38.5 Å². The van der Waals surface area contributed by atoms with Gasteiger partial charge in [-0.15, -0.1) is 0 Å². The Morgan fingerprint density at radius 2 is 1.48 bits per heavy atom. The van der Waals surface area contributed by atoms with Gasteiger partial charge in [0.05, 0.1) is 0 Å². The van der Waals surface area contributed by atoms with Gasteiger partial charge in [-0.3, -0.25) is 4.79 Å². The van der Waals surface area contributed by atoms with Crippen LogP contribution in [0, 0.1) is 5.92 Å². The molecule has 0 fully saturated rings. The summed E-state index contributed by atoms with van der Waals surface area (Å²) < 4.78 is 0. The van der Waals surface area contributed by atoms with Gasteiger partial charge >= 0.3 is 0 Å². The highest BCUT2D eigenvalue weighted by molar-refractivity contribution is 5.75. The van der Waals surface area contributed by atoms with Gasteiger partial charge in [-0.1, -0.05) is 46.1 Å². The van der Waals surface area contributed by atoms with E-state index in [1.807, 2.05) is 6.92 Å². The van der Waals surface area contributed by atoms with Gasteiger partial charge in [0, 0.05) is 25.2 Å². The fourth-order valence-electron chi connectivity index (χ4n) is 2.25. The summed E-state index contributed by atoms with van der Waals surface area (Å²) in [4.78, 5) is 11.6. The summed E-state index contributed by atoms with van der Waals surface area (Å²) in [6.07, 6.45) is 10.2. The first-order valence-corrected chi connectivity index (χ1v) is 8.68. The third-order valence-electron chi connectivity index (χ3n) is 3.54. The van der Waals surface area contributed by atoms with Crippen LogP contribution < -0.4 is 10.6 Å². The number of unbranched alkanes of at least 4 members (excludes halogenated alkanes) is 5. The maximum absolute atomic E-state index is 11.6. The van der Waals surface area contributed by atoms with E-state index < -0.39 is 0 Å². The molecule has 2 N–H and O–H groups in total. The Morgan fingerprint density at radius 3 is 2.10 bits per heavy atom. The highest BCUT2D eigenvalue weighted by Gasteiger charge is 2.01. The molecule has 0 unspecified atom stereocenters. The minimum Gasteiger partial charge on any atom is -0.389 e. The lowest BCUT2D eigenvalue weighted by Gasteiger charge is -2.07. The van der Waals surface area contributed by atoms with Gasteiger partial charge in [0.2, 0.25) is 5.91 Å². The minimum atomic E-state index is 0.226. The average molecular weight is 296 g/mol. The molecule has 0 atom stereocenters. The van der Waals surface area contributed by atoms with Crippen molar-refractivity contribution in [1.82, 2.24) is 10.6 Å². The highest BCUT2D eigenvalue weighted by Crippen LogP contribution is 2.07. The molecule has 0 aliphatic heterocycles.